The molecule has 164 valence electrons. The molecule has 2 aromatic carbocycles. The molecule has 3 N–H and O–H groups in total. The maximum atomic E-state index is 13.0. The van der Waals surface area contributed by atoms with E-state index in [9.17, 15) is 14.4 Å². The number of benzene rings is 2. The normalized spacial score (nSPS) is 15.1. The zero-order valence-corrected chi connectivity index (χ0v) is 18.9. The number of fused-ring (bicyclic) bond motifs is 1. The molecule has 0 fully saturated rings. The number of aromatic amines is 1. The number of aryl methyl sites for hydroxylation is 3. The van der Waals surface area contributed by atoms with Crippen LogP contribution in [0.4, 0.5) is 11.5 Å². The van der Waals surface area contributed by atoms with Gasteiger partial charge in [0.2, 0.25) is 11.8 Å². The van der Waals surface area contributed by atoms with Crippen LogP contribution in [0.3, 0.4) is 0 Å². The minimum Gasteiger partial charge on any atom is -0.325 e. The zero-order chi connectivity index (χ0) is 22.8. The molecule has 0 radical (unpaired) electrons. The lowest BCUT2D eigenvalue weighted by atomic mass is 9.92. The van der Waals surface area contributed by atoms with Crippen LogP contribution in [0.25, 0.3) is 0 Å². The van der Waals surface area contributed by atoms with E-state index in [4.69, 9.17) is 0 Å². The average molecular weight is 449 g/mol. The van der Waals surface area contributed by atoms with Gasteiger partial charge in [-0.05, 0) is 43.5 Å². The van der Waals surface area contributed by atoms with Gasteiger partial charge in [-0.3, -0.25) is 14.4 Å². The second-order valence-corrected chi connectivity index (χ2v) is 8.93. The van der Waals surface area contributed by atoms with Crippen LogP contribution >= 0.6 is 11.8 Å². The third kappa shape index (κ3) is 4.60. The summed E-state index contributed by atoms with van der Waals surface area (Å²) in [5.74, 6) is -0.880. The van der Waals surface area contributed by atoms with Crippen LogP contribution in [-0.4, -0.2) is 21.8 Å². The van der Waals surface area contributed by atoms with Gasteiger partial charge in [0.1, 0.15) is 5.82 Å². The summed E-state index contributed by atoms with van der Waals surface area (Å²) in [6.45, 7) is 5.90. The first-order valence-corrected chi connectivity index (χ1v) is 11.3. The monoisotopic (exact) mass is 448 g/mol. The summed E-state index contributed by atoms with van der Waals surface area (Å²) in [6.07, 6.45) is -0.107. The van der Waals surface area contributed by atoms with Crippen LogP contribution < -0.4 is 16.2 Å². The molecule has 32 heavy (non-hydrogen) atoms. The van der Waals surface area contributed by atoms with Gasteiger partial charge in [-0.25, -0.2) is 4.98 Å². The molecule has 1 aliphatic heterocycles. The number of rotatable bonds is 5. The highest BCUT2D eigenvalue weighted by Crippen LogP contribution is 2.31. The lowest BCUT2D eigenvalue weighted by Gasteiger charge is -2.24. The Labute approximate surface area is 190 Å². The first-order valence-electron chi connectivity index (χ1n) is 10.3. The summed E-state index contributed by atoms with van der Waals surface area (Å²) in [5.41, 5.74) is 4.70. The fourth-order valence-electron chi connectivity index (χ4n) is 3.73. The third-order valence-electron chi connectivity index (χ3n) is 5.51. The molecule has 1 aliphatic rings. The van der Waals surface area contributed by atoms with E-state index in [1.165, 1.54) is 11.8 Å². The van der Waals surface area contributed by atoms with Crippen LogP contribution in [-0.2, 0) is 15.3 Å². The number of carbonyl (C=O) groups is 2. The quantitative estimate of drug-likeness (QED) is 0.403. The van der Waals surface area contributed by atoms with Crippen LogP contribution in [0.2, 0.25) is 0 Å². The highest BCUT2D eigenvalue weighted by atomic mass is 32.2. The van der Waals surface area contributed by atoms with Gasteiger partial charge in [0, 0.05) is 17.9 Å². The topological polar surface area (TPSA) is 104 Å². The van der Waals surface area contributed by atoms with Gasteiger partial charge in [0.15, 0.2) is 5.16 Å². The molecule has 8 heteroatoms. The molecule has 1 aromatic heterocycles. The summed E-state index contributed by atoms with van der Waals surface area (Å²) >= 11 is 1.37. The van der Waals surface area contributed by atoms with Crippen molar-refractivity contribution in [1.82, 2.24) is 9.97 Å². The first-order chi connectivity index (χ1) is 15.3. The molecule has 0 spiro atoms. The Morgan fingerprint density at radius 2 is 1.91 bits per heavy atom. The smallest absolute Gasteiger partial charge is 0.257 e. The summed E-state index contributed by atoms with van der Waals surface area (Å²) < 4.78 is 0. The number of H-pyrrole nitrogens is 1. The van der Waals surface area contributed by atoms with Crippen molar-refractivity contribution in [3.63, 3.8) is 0 Å². The summed E-state index contributed by atoms with van der Waals surface area (Å²) in [4.78, 5) is 45.4. The Hall–Kier alpha value is -3.39. The predicted octanol–water partition coefficient (Wildman–Crippen LogP) is 4.05. The van der Waals surface area contributed by atoms with Crippen LogP contribution in [0.15, 0.2) is 52.4 Å². The van der Waals surface area contributed by atoms with Crippen molar-refractivity contribution in [1.29, 1.82) is 0 Å². The number of anilines is 2. The molecular weight excluding hydrogens is 424 g/mol. The Bertz CT molecular complexity index is 1270. The first kappa shape index (κ1) is 21.8. The fraction of sp³-hybridized carbons (Fsp3) is 0.250. The Morgan fingerprint density at radius 1 is 1.12 bits per heavy atom. The molecular formula is C24H24N4O3S. The fourth-order valence-corrected chi connectivity index (χ4v) is 4.67. The van der Waals surface area contributed by atoms with E-state index in [-0.39, 0.29) is 23.7 Å². The van der Waals surface area contributed by atoms with Crippen molar-refractivity contribution in [3.8, 4) is 0 Å². The standard InChI is InChI=1S/C24H24N4O3S/c1-13-8-9-18(15(3)10-13)25-22(30)17-11-19(29)26-21-20(17)23(31)28-24(27-21)32-12-16-7-5-4-6-14(16)2/h4-10,17H,11-12H2,1-3H3,(H,25,30)(H2,26,27,28,29,31). The van der Waals surface area contributed by atoms with Crippen LogP contribution in [0.1, 0.15) is 40.2 Å². The molecule has 0 saturated heterocycles. The molecule has 0 bridgehead atoms. The highest BCUT2D eigenvalue weighted by Gasteiger charge is 2.35. The van der Waals surface area contributed by atoms with Crippen molar-refractivity contribution in [2.45, 2.75) is 44.0 Å². The number of amides is 2. The average Bonchev–Trinajstić information content (AvgIpc) is 2.74. The number of nitrogens with zero attached hydrogens (tertiary/aromatic N) is 1. The van der Waals surface area contributed by atoms with E-state index in [2.05, 4.69) is 20.6 Å². The van der Waals surface area contributed by atoms with Gasteiger partial charge in [-0.15, -0.1) is 0 Å². The summed E-state index contributed by atoms with van der Waals surface area (Å²) in [5, 5.41) is 5.91. The van der Waals surface area contributed by atoms with E-state index >= 15 is 0 Å². The molecule has 3 aromatic rings. The zero-order valence-electron chi connectivity index (χ0n) is 18.1. The van der Waals surface area contributed by atoms with Crippen molar-refractivity contribution < 1.29 is 9.59 Å². The molecule has 1 atom stereocenters. The highest BCUT2D eigenvalue weighted by molar-refractivity contribution is 7.98. The Morgan fingerprint density at radius 3 is 2.66 bits per heavy atom. The second-order valence-electron chi connectivity index (χ2n) is 7.96. The van der Waals surface area contributed by atoms with Crippen LogP contribution in [0, 0.1) is 20.8 Å². The number of carbonyl (C=O) groups excluding carboxylic acids is 2. The minimum atomic E-state index is -0.911. The molecule has 0 aliphatic carbocycles. The minimum absolute atomic E-state index is 0.107. The number of nitrogens with one attached hydrogen (secondary N) is 3. The largest absolute Gasteiger partial charge is 0.325 e. The van der Waals surface area contributed by atoms with Crippen molar-refractivity contribution in [2.24, 2.45) is 0 Å². The van der Waals surface area contributed by atoms with Gasteiger partial charge in [0.05, 0.1) is 11.5 Å². The number of thioether (sulfide) groups is 1. The molecule has 1 unspecified atom stereocenters. The Balaban J connectivity index is 1.59. The second kappa shape index (κ2) is 9.00. The van der Waals surface area contributed by atoms with Crippen LogP contribution in [0.5, 0.6) is 0 Å². The van der Waals surface area contributed by atoms with E-state index in [0.717, 1.165) is 22.3 Å². The Kier molecular flexibility index (Phi) is 6.14. The van der Waals surface area contributed by atoms with Crippen molar-refractivity contribution in [3.05, 3.63) is 80.6 Å². The molecule has 0 saturated carbocycles. The number of aromatic nitrogens is 2. The molecule has 7 nitrogen and oxygen atoms in total. The van der Waals surface area contributed by atoms with E-state index < -0.39 is 17.4 Å². The predicted molar refractivity (Wildman–Crippen MR) is 126 cm³/mol. The van der Waals surface area contributed by atoms with Gasteiger partial charge in [-0.1, -0.05) is 53.7 Å². The summed E-state index contributed by atoms with van der Waals surface area (Å²) in [6, 6.07) is 13.7. The number of hydrogen-bond acceptors (Lipinski definition) is 5. The molecule has 2 heterocycles. The van der Waals surface area contributed by atoms with Crippen molar-refractivity contribution in [2.75, 3.05) is 10.6 Å². The lowest BCUT2D eigenvalue weighted by Crippen LogP contribution is -2.36. The van der Waals surface area contributed by atoms with Gasteiger partial charge >= 0.3 is 0 Å². The maximum absolute atomic E-state index is 13.0. The van der Waals surface area contributed by atoms with E-state index in [1.807, 2.05) is 63.2 Å². The summed E-state index contributed by atoms with van der Waals surface area (Å²) in [7, 11) is 0. The van der Waals surface area contributed by atoms with Gasteiger partial charge < -0.3 is 15.6 Å². The van der Waals surface area contributed by atoms with E-state index in [1.54, 1.807) is 0 Å². The SMILES string of the molecule is Cc1ccc(NC(=O)C2CC(=O)Nc3nc(SCc4ccccc4C)[nH]c(=O)c32)c(C)c1. The van der Waals surface area contributed by atoms with Gasteiger partial charge in [-0.2, -0.15) is 0 Å². The van der Waals surface area contributed by atoms with Crippen molar-refractivity contribution >= 4 is 35.1 Å². The molecule has 2 amide bonds. The number of hydrogen-bond donors (Lipinski definition) is 3. The molecule has 4 rings (SSSR count). The van der Waals surface area contributed by atoms with E-state index in [0.29, 0.717) is 16.6 Å². The maximum Gasteiger partial charge on any atom is 0.257 e. The lowest BCUT2D eigenvalue weighted by molar-refractivity contribution is -0.123. The third-order valence-corrected chi connectivity index (χ3v) is 6.43. The van der Waals surface area contributed by atoms with Gasteiger partial charge in [0.25, 0.3) is 5.56 Å².